The number of aromatic nitrogens is 1. The fourth-order valence-corrected chi connectivity index (χ4v) is 3.47. The number of hydrogen-bond donors (Lipinski definition) is 1. The predicted octanol–water partition coefficient (Wildman–Crippen LogP) is 4.57. The first-order chi connectivity index (χ1) is 9.72. The minimum Gasteiger partial charge on any atom is -0.377 e. The summed E-state index contributed by atoms with van der Waals surface area (Å²) in [6.45, 7) is 4.39. The maximum absolute atomic E-state index is 5.97. The Bertz CT molecular complexity index is 561. The summed E-state index contributed by atoms with van der Waals surface area (Å²) in [7, 11) is 0. The third-order valence-corrected chi connectivity index (χ3v) is 4.76. The minimum absolute atomic E-state index is 0.234. The number of nitrogens with zero attached hydrogens (tertiary/aromatic N) is 2. The third kappa shape index (κ3) is 3.07. The van der Waals surface area contributed by atoms with Crippen molar-refractivity contribution in [1.82, 2.24) is 4.98 Å². The first-order valence-electron chi connectivity index (χ1n) is 6.94. The van der Waals surface area contributed by atoms with Crippen molar-refractivity contribution in [2.45, 2.75) is 25.8 Å². The summed E-state index contributed by atoms with van der Waals surface area (Å²) in [5.41, 5.74) is 2.26. The van der Waals surface area contributed by atoms with Crippen LogP contribution in [-0.4, -0.2) is 18.1 Å². The van der Waals surface area contributed by atoms with Gasteiger partial charge < -0.3 is 10.2 Å². The van der Waals surface area contributed by atoms with E-state index in [2.05, 4.69) is 39.6 Å². The van der Waals surface area contributed by atoms with Gasteiger partial charge in [0.2, 0.25) is 0 Å². The predicted molar refractivity (Wildman–Crippen MR) is 87.1 cm³/mol. The SMILES string of the molecule is CC(Nc1ccc(N2CCCC2)nc1)c1csc(Cl)c1. The second-order valence-corrected chi connectivity index (χ2v) is 6.69. The van der Waals surface area contributed by atoms with E-state index in [1.807, 2.05) is 12.3 Å². The van der Waals surface area contributed by atoms with Crippen molar-refractivity contribution >= 4 is 34.4 Å². The summed E-state index contributed by atoms with van der Waals surface area (Å²) in [5, 5.41) is 5.55. The van der Waals surface area contributed by atoms with Crippen LogP contribution in [0.2, 0.25) is 4.34 Å². The molecule has 0 aliphatic carbocycles. The van der Waals surface area contributed by atoms with E-state index in [4.69, 9.17) is 11.6 Å². The molecule has 20 heavy (non-hydrogen) atoms. The highest BCUT2D eigenvalue weighted by molar-refractivity contribution is 7.14. The van der Waals surface area contributed by atoms with Crippen molar-refractivity contribution in [2.24, 2.45) is 0 Å². The summed E-state index contributed by atoms with van der Waals surface area (Å²) in [6, 6.07) is 6.44. The standard InChI is InChI=1S/C15H18ClN3S/c1-11(12-8-14(16)20-10-12)18-13-4-5-15(17-9-13)19-6-2-3-7-19/h4-5,8-11,18H,2-3,6-7H2,1H3. The molecule has 1 aliphatic heterocycles. The molecule has 1 saturated heterocycles. The Balaban J connectivity index is 1.65. The number of anilines is 2. The van der Waals surface area contributed by atoms with Crippen LogP contribution in [0, 0.1) is 0 Å². The van der Waals surface area contributed by atoms with Crippen molar-refractivity contribution in [3.05, 3.63) is 39.7 Å². The number of thiophene rings is 1. The number of nitrogens with one attached hydrogen (secondary N) is 1. The first-order valence-corrected chi connectivity index (χ1v) is 8.19. The number of rotatable bonds is 4. The van der Waals surface area contributed by atoms with Crippen LogP contribution < -0.4 is 10.2 Å². The second-order valence-electron chi connectivity index (χ2n) is 5.15. The van der Waals surface area contributed by atoms with Gasteiger partial charge in [-0.1, -0.05) is 11.6 Å². The number of hydrogen-bond acceptors (Lipinski definition) is 4. The highest BCUT2D eigenvalue weighted by Gasteiger charge is 2.13. The van der Waals surface area contributed by atoms with E-state index in [9.17, 15) is 0 Å². The number of halogens is 1. The molecule has 0 radical (unpaired) electrons. The molecule has 3 rings (SSSR count). The lowest BCUT2D eigenvalue weighted by atomic mass is 10.2. The Kier molecular flexibility index (Phi) is 4.13. The second kappa shape index (κ2) is 6.02. The average Bonchev–Trinajstić information content (AvgIpc) is 3.10. The summed E-state index contributed by atoms with van der Waals surface area (Å²) in [4.78, 5) is 6.89. The fraction of sp³-hybridized carbons (Fsp3) is 0.400. The summed E-state index contributed by atoms with van der Waals surface area (Å²) in [5.74, 6) is 1.08. The molecule has 5 heteroatoms. The van der Waals surface area contributed by atoms with E-state index in [1.54, 1.807) is 11.3 Å². The molecule has 0 spiro atoms. The van der Waals surface area contributed by atoms with Crippen LogP contribution in [0.5, 0.6) is 0 Å². The normalized spacial score (nSPS) is 16.4. The molecule has 1 unspecified atom stereocenters. The quantitative estimate of drug-likeness (QED) is 0.897. The molecule has 1 aliphatic rings. The Morgan fingerprint density at radius 3 is 2.75 bits per heavy atom. The van der Waals surface area contributed by atoms with Gasteiger partial charge in [0.1, 0.15) is 5.82 Å². The molecular formula is C15H18ClN3S. The van der Waals surface area contributed by atoms with Crippen molar-refractivity contribution in [1.29, 1.82) is 0 Å². The van der Waals surface area contributed by atoms with Crippen LogP contribution in [0.15, 0.2) is 29.8 Å². The Hall–Kier alpha value is -1.26. The Labute approximate surface area is 128 Å². The largest absolute Gasteiger partial charge is 0.377 e. The van der Waals surface area contributed by atoms with E-state index in [0.29, 0.717) is 0 Å². The van der Waals surface area contributed by atoms with Crippen LogP contribution in [0.4, 0.5) is 11.5 Å². The van der Waals surface area contributed by atoms with Crippen LogP contribution >= 0.6 is 22.9 Å². The maximum atomic E-state index is 5.97. The van der Waals surface area contributed by atoms with Gasteiger partial charge in [0.05, 0.1) is 16.2 Å². The average molecular weight is 308 g/mol. The van der Waals surface area contributed by atoms with Gasteiger partial charge in [-0.05, 0) is 48.9 Å². The van der Waals surface area contributed by atoms with Gasteiger partial charge in [-0.25, -0.2) is 4.98 Å². The molecule has 0 bridgehead atoms. The zero-order valence-electron chi connectivity index (χ0n) is 11.5. The molecule has 106 valence electrons. The highest BCUT2D eigenvalue weighted by atomic mass is 35.5. The van der Waals surface area contributed by atoms with Gasteiger partial charge in [0, 0.05) is 19.1 Å². The van der Waals surface area contributed by atoms with Gasteiger partial charge >= 0.3 is 0 Å². The Morgan fingerprint density at radius 2 is 2.15 bits per heavy atom. The summed E-state index contributed by atoms with van der Waals surface area (Å²) < 4.78 is 0.830. The van der Waals surface area contributed by atoms with Crippen LogP contribution in [0.1, 0.15) is 31.4 Å². The van der Waals surface area contributed by atoms with Crippen molar-refractivity contribution < 1.29 is 0 Å². The third-order valence-electron chi connectivity index (χ3n) is 3.65. The molecule has 1 fully saturated rings. The molecule has 3 nitrogen and oxygen atoms in total. The van der Waals surface area contributed by atoms with Gasteiger partial charge in [-0.3, -0.25) is 0 Å². The topological polar surface area (TPSA) is 28.2 Å². The van der Waals surface area contributed by atoms with E-state index >= 15 is 0 Å². The van der Waals surface area contributed by atoms with Crippen molar-refractivity contribution in [3.63, 3.8) is 0 Å². The molecule has 3 heterocycles. The lowest BCUT2D eigenvalue weighted by Crippen LogP contribution is -2.18. The first kappa shape index (κ1) is 13.7. The van der Waals surface area contributed by atoms with Gasteiger partial charge in [-0.15, -0.1) is 11.3 Å². The molecule has 2 aromatic rings. The van der Waals surface area contributed by atoms with Crippen molar-refractivity contribution in [3.8, 4) is 0 Å². The molecule has 2 aromatic heterocycles. The van der Waals surface area contributed by atoms with Crippen LogP contribution in [-0.2, 0) is 0 Å². The van der Waals surface area contributed by atoms with E-state index in [1.165, 1.54) is 18.4 Å². The number of pyridine rings is 1. The Morgan fingerprint density at radius 1 is 1.35 bits per heavy atom. The molecule has 1 N–H and O–H groups in total. The molecular weight excluding hydrogens is 290 g/mol. The van der Waals surface area contributed by atoms with Crippen LogP contribution in [0.25, 0.3) is 0 Å². The minimum atomic E-state index is 0.234. The lowest BCUT2D eigenvalue weighted by molar-refractivity contribution is 0.885. The molecule has 0 saturated carbocycles. The fourth-order valence-electron chi connectivity index (χ4n) is 2.49. The van der Waals surface area contributed by atoms with E-state index in [-0.39, 0.29) is 6.04 Å². The monoisotopic (exact) mass is 307 g/mol. The molecule has 0 amide bonds. The van der Waals surface area contributed by atoms with Crippen molar-refractivity contribution in [2.75, 3.05) is 23.3 Å². The highest BCUT2D eigenvalue weighted by Crippen LogP contribution is 2.27. The van der Waals surface area contributed by atoms with Gasteiger partial charge in [-0.2, -0.15) is 0 Å². The smallest absolute Gasteiger partial charge is 0.128 e. The lowest BCUT2D eigenvalue weighted by Gasteiger charge is -2.18. The van der Waals surface area contributed by atoms with Gasteiger partial charge in [0.25, 0.3) is 0 Å². The summed E-state index contributed by atoms with van der Waals surface area (Å²) in [6.07, 6.45) is 4.47. The summed E-state index contributed by atoms with van der Waals surface area (Å²) >= 11 is 7.54. The van der Waals surface area contributed by atoms with Gasteiger partial charge in [0.15, 0.2) is 0 Å². The zero-order chi connectivity index (χ0) is 13.9. The molecule has 0 aromatic carbocycles. The van der Waals surface area contributed by atoms with Crippen LogP contribution in [0.3, 0.4) is 0 Å². The van der Waals surface area contributed by atoms with E-state index < -0.39 is 0 Å². The maximum Gasteiger partial charge on any atom is 0.128 e. The molecule has 1 atom stereocenters. The zero-order valence-corrected chi connectivity index (χ0v) is 13.0. The van der Waals surface area contributed by atoms with E-state index in [0.717, 1.165) is 28.9 Å².